The molecule has 2 aliphatic heterocycles. The molecule has 0 radical (unpaired) electrons. The molecule has 0 aromatic carbocycles. The van der Waals surface area contributed by atoms with E-state index in [4.69, 9.17) is 9.47 Å². The molecule has 2 fully saturated rings. The summed E-state index contributed by atoms with van der Waals surface area (Å²) in [5.41, 5.74) is -0.472. The van der Waals surface area contributed by atoms with Crippen molar-refractivity contribution < 1.29 is 19.1 Å². The van der Waals surface area contributed by atoms with Gasteiger partial charge in [-0.3, -0.25) is 9.79 Å². The Bertz CT molecular complexity index is 571. The number of ether oxygens (including phenoxy) is 2. The van der Waals surface area contributed by atoms with Crippen LogP contribution in [0.1, 0.15) is 46.5 Å². The molecule has 8 nitrogen and oxygen atoms in total. The molecule has 0 bridgehead atoms. The Hall–Kier alpha value is -1.26. The average molecular weight is 524 g/mol. The van der Waals surface area contributed by atoms with Gasteiger partial charge in [-0.15, -0.1) is 24.0 Å². The second-order valence-corrected chi connectivity index (χ2v) is 8.65. The molecule has 0 spiro atoms. The van der Waals surface area contributed by atoms with Crippen LogP contribution in [0.25, 0.3) is 0 Å². The number of hydrogen-bond donors (Lipinski definition) is 1. The highest BCUT2D eigenvalue weighted by Crippen LogP contribution is 2.20. The predicted molar refractivity (Wildman–Crippen MR) is 124 cm³/mol. The van der Waals surface area contributed by atoms with Crippen molar-refractivity contribution in [3.05, 3.63) is 0 Å². The Balaban J connectivity index is 0.00000420. The van der Waals surface area contributed by atoms with E-state index in [2.05, 4.69) is 15.2 Å². The first-order chi connectivity index (χ1) is 13.2. The maximum Gasteiger partial charge on any atom is 0.410 e. The second-order valence-electron chi connectivity index (χ2n) is 8.65. The molecule has 2 aliphatic rings. The molecule has 1 N–H and O–H groups in total. The number of esters is 1. The number of carbonyl (C=O) groups is 2. The van der Waals surface area contributed by atoms with Crippen LogP contribution in [0.2, 0.25) is 0 Å². The van der Waals surface area contributed by atoms with E-state index >= 15 is 0 Å². The lowest BCUT2D eigenvalue weighted by molar-refractivity contribution is -0.146. The zero-order valence-electron chi connectivity index (χ0n) is 18.4. The molecule has 0 saturated carbocycles. The Labute approximate surface area is 191 Å². The van der Waals surface area contributed by atoms with Gasteiger partial charge in [-0.2, -0.15) is 0 Å². The van der Waals surface area contributed by atoms with Crippen LogP contribution in [0.5, 0.6) is 0 Å². The number of amides is 1. The Morgan fingerprint density at radius 2 is 1.76 bits per heavy atom. The van der Waals surface area contributed by atoms with Gasteiger partial charge in [0.2, 0.25) is 0 Å². The summed E-state index contributed by atoms with van der Waals surface area (Å²) in [7, 11) is 3.22. The highest BCUT2D eigenvalue weighted by molar-refractivity contribution is 14.0. The third kappa shape index (κ3) is 8.18. The largest absolute Gasteiger partial charge is 0.469 e. The van der Waals surface area contributed by atoms with E-state index < -0.39 is 5.60 Å². The summed E-state index contributed by atoms with van der Waals surface area (Å²) < 4.78 is 10.4. The molecular weight excluding hydrogens is 487 g/mol. The van der Waals surface area contributed by atoms with Gasteiger partial charge in [0, 0.05) is 39.8 Å². The minimum Gasteiger partial charge on any atom is -0.469 e. The van der Waals surface area contributed by atoms with Crippen LogP contribution >= 0.6 is 24.0 Å². The zero-order valence-corrected chi connectivity index (χ0v) is 20.7. The molecule has 1 amide bonds. The Morgan fingerprint density at radius 1 is 1.10 bits per heavy atom. The molecule has 0 aliphatic carbocycles. The van der Waals surface area contributed by atoms with Crippen LogP contribution in [0.3, 0.4) is 0 Å². The maximum atomic E-state index is 12.3. The topological polar surface area (TPSA) is 83.5 Å². The number of piperidine rings is 2. The van der Waals surface area contributed by atoms with Gasteiger partial charge in [-0.25, -0.2) is 4.79 Å². The van der Waals surface area contributed by atoms with E-state index in [-0.39, 0.29) is 42.0 Å². The summed E-state index contributed by atoms with van der Waals surface area (Å²) >= 11 is 0. The van der Waals surface area contributed by atoms with E-state index in [9.17, 15) is 9.59 Å². The number of nitrogens with one attached hydrogen (secondary N) is 1. The van der Waals surface area contributed by atoms with Crippen molar-refractivity contribution in [3.63, 3.8) is 0 Å². The number of rotatable bonds is 3. The number of nitrogens with zero attached hydrogens (tertiary/aromatic N) is 3. The monoisotopic (exact) mass is 524 g/mol. The molecule has 168 valence electrons. The number of halogens is 1. The zero-order chi connectivity index (χ0) is 20.7. The highest BCUT2D eigenvalue weighted by atomic mass is 127. The third-order valence-electron chi connectivity index (χ3n) is 5.26. The molecule has 1 unspecified atom stereocenters. The molecule has 2 heterocycles. The minimum absolute atomic E-state index is 0. The van der Waals surface area contributed by atoms with Gasteiger partial charge in [0.25, 0.3) is 0 Å². The van der Waals surface area contributed by atoms with Gasteiger partial charge in [0.15, 0.2) is 5.96 Å². The number of likely N-dealkylation sites (tertiary alicyclic amines) is 2. The van der Waals surface area contributed by atoms with Gasteiger partial charge in [-0.05, 0) is 52.4 Å². The smallest absolute Gasteiger partial charge is 0.410 e. The van der Waals surface area contributed by atoms with Crippen molar-refractivity contribution in [2.45, 2.75) is 52.1 Å². The Kier molecular flexibility index (Phi) is 10.5. The molecule has 2 rings (SSSR count). The highest BCUT2D eigenvalue weighted by Gasteiger charge is 2.29. The van der Waals surface area contributed by atoms with Gasteiger partial charge >= 0.3 is 12.1 Å². The SMILES string of the molecule is CN=C(NCC1CCCN(C(=O)OC(C)(C)C)C1)N1CCC(C(=O)OC)CC1.I. The molecule has 2 saturated heterocycles. The number of hydrogen-bond acceptors (Lipinski definition) is 5. The fourth-order valence-electron chi connectivity index (χ4n) is 3.79. The average Bonchev–Trinajstić information content (AvgIpc) is 2.67. The minimum atomic E-state index is -0.472. The van der Waals surface area contributed by atoms with Crippen molar-refractivity contribution in [1.29, 1.82) is 0 Å². The van der Waals surface area contributed by atoms with E-state index in [0.29, 0.717) is 12.5 Å². The normalized spacial score (nSPS) is 21.3. The Morgan fingerprint density at radius 3 is 2.31 bits per heavy atom. The van der Waals surface area contributed by atoms with E-state index in [1.165, 1.54) is 7.11 Å². The van der Waals surface area contributed by atoms with Crippen LogP contribution in [0.15, 0.2) is 4.99 Å². The van der Waals surface area contributed by atoms with Gasteiger partial charge < -0.3 is 24.6 Å². The number of methoxy groups -OCH3 is 1. The molecule has 9 heteroatoms. The van der Waals surface area contributed by atoms with Crippen LogP contribution in [-0.2, 0) is 14.3 Å². The van der Waals surface area contributed by atoms with Gasteiger partial charge in [0.1, 0.15) is 5.60 Å². The molecular formula is C20H37IN4O4. The summed E-state index contributed by atoms with van der Waals surface area (Å²) in [5.74, 6) is 1.09. The second kappa shape index (κ2) is 11.8. The number of guanidine groups is 1. The van der Waals surface area contributed by atoms with Crippen molar-refractivity contribution in [3.8, 4) is 0 Å². The first kappa shape index (κ1) is 25.8. The predicted octanol–water partition coefficient (Wildman–Crippen LogP) is 2.71. The van der Waals surface area contributed by atoms with Crippen LogP contribution in [-0.4, -0.2) is 80.3 Å². The van der Waals surface area contributed by atoms with Gasteiger partial charge in [0.05, 0.1) is 13.0 Å². The van der Waals surface area contributed by atoms with Crippen LogP contribution in [0, 0.1) is 11.8 Å². The molecule has 0 aromatic rings. The summed E-state index contributed by atoms with van der Waals surface area (Å²) in [4.78, 5) is 32.4. The quantitative estimate of drug-likeness (QED) is 0.265. The third-order valence-corrected chi connectivity index (χ3v) is 5.26. The van der Waals surface area contributed by atoms with Crippen LogP contribution in [0.4, 0.5) is 4.79 Å². The summed E-state index contributed by atoms with van der Waals surface area (Å²) in [6.07, 6.45) is 3.39. The lowest BCUT2D eigenvalue weighted by Crippen LogP contribution is -2.50. The van der Waals surface area contributed by atoms with Crippen molar-refractivity contribution in [2.24, 2.45) is 16.8 Å². The number of carbonyl (C=O) groups excluding carboxylic acids is 2. The van der Waals surface area contributed by atoms with E-state index in [0.717, 1.165) is 57.8 Å². The maximum absolute atomic E-state index is 12.3. The molecule has 1 atom stereocenters. The van der Waals surface area contributed by atoms with Crippen molar-refractivity contribution >= 4 is 42.0 Å². The van der Waals surface area contributed by atoms with E-state index in [1.54, 1.807) is 7.05 Å². The summed E-state index contributed by atoms with van der Waals surface area (Å²) in [6, 6.07) is 0. The lowest BCUT2D eigenvalue weighted by Gasteiger charge is -2.36. The first-order valence-corrected chi connectivity index (χ1v) is 10.2. The first-order valence-electron chi connectivity index (χ1n) is 10.2. The summed E-state index contributed by atoms with van der Waals surface area (Å²) in [6.45, 7) is 9.46. The lowest BCUT2D eigenvalue weighted by atomic mass is 9.97. The van der Waals surface area contributed by atoms with Crippen molar-refractivity contribution in [1.82, 2.24) is 15.1 Å². The summed E-state index contributed by atoms with van der Waals surface area (Å²) in [5, 5.41) is 3.46. The fourth-order valence-corrected chi connectivity index (χ4v) is 3.79. The molecule has 0 aromatic heterocycles. The van der Waals surface area contributed by atoms with Gasteiger partial charge in [-0.1, -0.05) is 0 Å². The van der Waals surface area contributed by atoms with Crippen LogP contribution < -0.4 is 5.32 Å². The number of aliphatic imine (C=N–C) groups is 1. The molecule has 29 heavy (non-hydrogen) atoms. The van der Waals surface area contributed by atoms with E-state index in [1.807, 2.05) is 25.7 Å². The van der Waals surface area contributed by atoms with Crippen molar-refractivity contribution in [2.75, 3.05) is 46.9 Å². The fraction of sp³-hybridized carbons (Fsp3) is 0.850. The standard InChI is InChI=1S/C20H36N4O4.HI/c1-20(2,3)28-19(26)24-10-6-7-15(14-24)13-22-18(21-4)23-11-8-16(9-12-23)17(25)27-5;/h15-16H,6-14H2,1-5H3,(H,21,22);1H.